The summed E-state index contributed by atoms with van der Waals surface area (Å²) in [5.41, 5.74) is 11.0. The predicted octanol–water partition coefficient (Wildman–Crippen LogP) is 1.44. The fourth-order valence-electron chi connectivity index (χ4n) is 7.06. The molecule has 0 N–H and O–H groups in total. The maximum atomic E-state index is 6.46. The SMILES string of the molecule is c1cnc2c(c1)B1c3c(cc4c5c3-n3c6c1cccc6c1cccc(c13)B5c1cccnc1O4)O2. The summed E-state index contributed by atoms with van der Waals surface area (Å²) in [6.45, 7) is 0.113. The highest BCUT2D eigenvalue weighted by atomic mass is 16.5. The standard InChI is InChI=1S/C28H13B2N3O2/c1-5-14-15-6-2-8-17-25(15)33-24(14)16(7-1)29-18-9-3-11-31-27(18)34-20-13-21-23(26(33)22(20)29)30(17)19-10-4-12-32-28(19)35-21/h1-13H. The van der Waals surface area contributed by atoms with E-state index in [0.29, 0.717) is 11.8 Å². The Balaban J connectivity index is 1.51. The van der Waals surface area contributed by atoms with E-state index in [1.165, 1.54) is 49.3 Å². The second kappa shape index (κ2) is 5.41. The van der Waals surface area contributed by atoms with Gasteiger partial charge in [-0.15, -0.1) is 0 Å². The molecule has 158 valence electrons. The minimum atomic E-state index is 0.0563. The number of fused-ring (bicyclic) bond motifs is 7. The van der Waals surface area contributed by atoms with Crippen molar-refractivity contribution in [3.05, 3.63) is 79.1 Å². The molecule has 0 saturated heterocycles. The van der Waals surface area contributed by atoms with Crippen LogP contribution in [0.25, 0.3) is 27.5 Å². The molecule has 7 heterocycles. The number of nitrogens with zero attached hydrogens (tertiary/aromatic N) is 3. The highest BCUT2D eigenvalue weighted by Gasteiger charge is 2.48. The molecular formula is C28H13B2N3O2. The van der Waals surface area contributed by atoms with Crippen LogP contribution in [0.1, 0.15) is 0 Å². The lowest BCUT2D eigenvalue weighted by atomic mass is 9.30. The summed E-state index contributed by atoms with van der Waals surface area (Å²) in [6, 6.07) is 23.8. The average Bonchev–Trinajstić information content (AvgIpc) is 3.25. The van der Waals surface area contributed by atoms with Crippen LogP contribution in [0.4, 0.5) is 0 Å². The maximum absolute atomic E-state index is 6.46. The van der Waals surface area contributed by atoms with Crippen LogP contribution in [0.15, 0.2) is 79.1 Å². The Morgan fingerprint density at radius 3 is 1.66 bits per heavy atom. The molecule has 6 aromatic rings. The molecule has 4 aliphatic rings. The number of hydrogen-bond acceptors (Lipinski definition) is 4. The first-order chi connectivity index (χ1) is 17.4. The molecule has 10 rings (SSSR count). The molecule has 35 heavy (non-hydrogen) atoms. The first kappa shape index (κ1) is 17.0. The van der Waals surface area contributed by atoms with Gasteiger partial charge >= 0.3 is 0 Å². The second-order valence-electron chi connectivity index (χ2n) is 9.74. The molecular weight excluding hydrogens is 432 g/mol. The summed E-state index contributed by atoms with van der Waals surface area (Å²) in [7, 11) is 0. The predicted molar refractivity (Wildman–Crippen MR) is 139 cm³/mol. The van der Waals surface area contributed by atoms with E-state index < -0.39 is 0 Å². The van der Waals surface area contributed by atoms with Gasteiger partial charge in [-0.1, -0.05) is 48.5 Å². The van der Waals surface area contributed by atoms with Gasteiger partial charge in [0.1, 0.15) is 11.5 Å². The van der Waals surface area contributed by atoms with Crippen molar-refractivity contribution in [1.29, 1.82) is 0 Å². The van der Waals surface area contributed by atoms with Gasteiger partial charge in [-0.25, -0.2) is 9.97 Å². The van der Waals surface area contributed by atoms with E-state index in [2.05, 4.69) is 69.1 Å². The van der Waals surface area contributed by atoms with Crippen molar-refractivity contribution < 1.29 is 9.47 Å². The lowest BCUT2D eigenvalue weighted by Crippen LogP contribution is -2.65. The number of para-hydroxylation sites is 2. The van der Waals surface area contributed by atoms with Crippen LogP contribution in [-0.2, 0) is 0 Å². The van der Waals surface area contributed by atoms with E-state index in [9.17, 15) is 0 Å². The minimum Gasteiger partial charge on any atom is -0.440 e. The third-order valence-corrected chi connectivity index (χ3v) is 8.23. The molecule has 0 saturated carbocycles. The number of pyridine rings is 2. The molecule has 0 aliphatic carbocycles. The minimum absolute atomic E-state index is 0.0563. The van der Waals surface area contributed by atoms with E-state index >= 15 is 0 Å². The van der Waals surface area contributed by atoms with E-state index in [1.54, 1.807) is 12.4 Å². The molecule has 0 amide bonds. The zero-order chi connectivity index (χ0) is 22.4. The molecule has 0 fully saturated rings. The largest absolute Gasteiger partial charge is 0.440 e. The molecule has 0 radical (unpaired) electrons. The Bertz CT molecular complexity index is 1860. The number of aromatic nitrogens is 3. The summed E-state index contributed by atoms with van der Waals surface area (Å²) < 4.78 is 15.4. The van der Waals surface area contributed by atoms with Gasteiger partial charge in [-0.3, -0.25) is 0 Å². The lowest BCUT2D eigenvalue weighted by molar-refractivity contribution is 0.447. The van der Waals surface area contributed by atoms with Crippen molar-refractivity contribution in [3.63, 3.8) is 0 Å². The van der Waals surface area contributed by atoms with Gasteiger partial charge in [0.2, 0.25) is 11.8 Å². The van der Waals surface area contributed by atoms with Crippen LogP contribution in [0.2, 0.25) is 0 Å². The molecule has 3 aromatic heterocycles. The Morgan fingerprint density at radius 1 is 0.600 bits per heavy atom. The number of benzene rings is 3. The van der Waals surface area contributed by atoms with Crippen LogP contribution in [0, 0.1) is 0 Å². The maximum Gasteiger partial charge on any atom is 0.258 e. The van der Waals surface area contributed by atoms with Gasteiger partial charge < -0.3 is 14.0 Å². The zero-order valence-corrected chi connectivity index (χ0v) is 18.3. The number of rotatable bonds is 0. The smallest absolute Gasteiger partial charge is 0.258 e. The van der Waals surface area contributed by atoms with Crippen molar-refractivity contribution in [2.45, 2.75) is 0 Å². The molecule has 5 nitrogen and oxygen atoms in total. The summed E-state index contributed by atoms with van der Waals surface area (Å²) in [4.78, 5) is 9.21. The Morgan fingerprint density at radius 2 is 1.11 bits per heavy atom. The monoisotopic (exact) mass is 445 g/mol. The average molecular weight is 445 g/mol. The molecule has 0 unspecified atom stereocenters. The third kappa shape index (κ3) is 1.73. The van der Waals surface area contributed by atoms with Crippen LogP contribution < -0.4 is 42.3 Å². The van der Waals surface area contributed by atoms with Gasteiger partial charge in [0.25, 0.3) is 13.4 Å². The Labute approximate surface area is 200 Å². The highest BCUT2D eigenvalue weighted by Crippen LogP contribution is 2.41. The first-order valence-electron chi connectivity index (χ1n) is 11.9. The third-order valence-electron chi connectivity index (χ3n) is 8.23. The van der Waals surface area contributed by atoms with Crippen LogP contribution in [0.5, 0.6) is 23.3 Å². The first-order valence-corrected chi connectivity index (χ1v) is 11.9. The van der Waals surface area contributed by atoms with Gasteiger partial charge in [-0.05, 0) is 44.9 Å². The van der Waals surface area contributed by atoms with E-state index in [4.69, 9.17) is 9.47 Å². The van der Waals surface area contributed by atoms with Crippen LogP contribution >= 0.6 is 0 Å². The van der Waals surface area contributed by atoms with E-state index in [-0.39, 0.29) is 13.4 Å². The zero-order valence-electron chi connectivity index (χ0n) is 18.3. The van der Waals surface area contributed by atoms with Gasteiger partial charge in [0.15, 0.2) is 0 Å². The van der Waals surface area contributed by atoms with Gasteiger partial charge in [0.05, 0.1) is 0 Å². The summed E-state index contributed by atoms with van der Waals surface area (Å²) in [5, 5.41) is 2.57. The van der Waals surface area contributed by atoms with Crippen LogP contribution in [-0.4, -0.2) is 28.0 Å². The van der Waals surface area contributed by atoms with Gasteiger partial charge in [-0.2, -0.15) is 0 Å². The van der Waals surface area contributed by atoms with Crippen molar-refractivity contribution in [2.24, 2.45) is 0 Å². The normalized spacial score (nSPS) is 14.6. The van der Waals surface area contributed by atoms with Gasteiger partial charge in [0, 0.05) is 46.0 Å². The van der Waals surface area contributed by atoms with Crippen molar-refractivity contribution in [1.82, 2.24) is 14.5 Å². The number of ether oxygens (including phenoxy) is 2. The van der Waals surface area contributed by atoms with Crippen molar-refractivity contribution in [3.8, 4) is 28.9 Å². The Kier molecular flexibility index (Phi) is 2.63. The second-order valence-corrected chi connectivity index (χ2v) is 9.74. The lowest BCUT2D eigenvalue weighted by Gasteiger charge is -2.39. The quantitative estimate of drug-likeness (QED) is 0.332. The van der Waals surface area contributed by atoms with Crippen molar-refractivity contribution in [2.75, 3.05) is 0 Å². The molecule has 4 aliphatic heterocycles. The molecule has 0 spiro atoms. The fraction of sp³-hybridized carbons (Fsp3) is 0. The summed E-state index contributed by atoms with van der Waals surface area (Å²) in [5.74, 6) is 2.97. The Hall–Kier alpha value is -4.51. The molecule has 0 atom stereocenters. The summed E-state index contributed by atoms with van der Waals surface area (Å²) in [6.07, 6.45) is 3.59. The van der Waals surface area contributed by atoms with E-state index in [1.807, 2.05) is 12.1 Å². The molecule has 3 aromatic carbocycles. The fourth-order valence-corrected chi connectivity index (χ4v) is 7.06. The van der Waals surface area contributed by atoms with Crippen molar-refractivity contribution >= 4 is 68.0 Å². The summed E-state index contributed by atoms with van der Waals surface area (Å²) >= 11 is 0. The number of hydrogen-bond donors (Lipinski definition) is 0. The molecule has 7 heteroatoms. The van der Waals surface area contributed by atoms with Crippen LogP contribution in [0.3, 0.4) is 0 Å². The van der Waals surface area contributed by atoms with E-state index in [0.717, 1.165) is 22.4 Å². The molecule has 0 bridgehead atoms. The topological polar surface area (TPSA) is 49.2 Å². The highest BCUT2D eigenvalue weighted by molar-refractivity contribution is 7.03.